The second-order valence-electron chi connectivity index (χ2n) is 5.12. The number of hydrogen-bond donors (Lipinski definition) is 0. The van der Waals surface area contributed by atoms with Crippen LogP contribution in [0.4, 0.5) is 18.9 Å². The van der Waals surface area contributed by atoms with Gasteiger partial charge in [0.2, 0.25) is 0 Å². The maximum atomic E-state index is 12.3. The lowest BCUT2D eigenvalue weighted by Crippen LogP contribution is -2.49. The first kappa shape index (κ1) is 15.4. The zero-order valence-electron chi connectivity index (χ0n) is 11.4. The van der Waals surface area contributed by atoms with Crippen LogP contribution in [-0.2, 0) is 5.88 Å². The molecule has 0 radical (unpaired) electrons. The van der Waals surface area contributed by atoms with Gasteiger partial charge in [-0.2, -0.15) is 13.2 Å². The van der Waals surface area contributed by atoms with Gasteiger partial charge >= 0.3 is 6.18 Å². The van der Waals surface area contributed by atoms with E-state index in [0.29, 0.717) is 32.1 Å². The molecule has 0 spiro atoms. The van der Waals surface area contributed by atoms with Crippen molar-refractivity contribution >= 4 is 17.3 Å². The summed E-state index contributed by atoms with van der Waals surface area (Å²) in [6.45, 7) is 3.31. The molecule has 1 aromatic carbocycles. The van der Waals surface area contributed by atoms with Crippen molar-refractivity contribution in [3.63, 3.8) is 0 Å². The average molecular weight is 307 g/mol. The van der Waals surface area contributed by atoms with Crippen molar-refractivity contribution in [2.45, 2.75) is 19.0 Å². The first-order chi connectivity index (χ1) is 9.39. The normalized spacial score (nSPS) is 17.6. The predicted molar refractivity (Wildman–Crippen MR) is 75.4 cm³/mol. The fraction of sp³-hybridized carbons (Fsp3) is 0.571. The summed E-state index contributed by atoms with van der Waals surface area (Å²) in [6.07, 6.45) is -4.11. The van der Waals surface area contributed by atoms with Crippen LogP contribution in [0.5, 0.6) is 0 Å². The molecule has 1 heterocycles. The molecule has 2 nitrogen and oxygen atoms in total. The highest BCUT2D eigenvalue weighted by atomic mass is 35.5. The minimum atomic E-state index is -4.11. The number of halogens is 4. The largest absolute Gasteiger partial charge is 0.401 e. The van der Waals surface area contributed by atoms with Gasteiger partial charge in [0.25, 0.3) is 0 Å². The molecule has 20 heavy (non-hydrogen) atoms. The summed E-state index contributed by atoms with van der Waals surface area (Å²) in [7, 11) is 0. The summed E-state index contributed by atoms with van der Waals surface area (Å²) in [5, 5.41) is 0. The van der Waals surface area contributed by atoms with E-state index in [1.807, 2.05) is 19.1 Å². The van der Waals surface area contributed by atoms with Gasteiger partial charge in [-0.25, -0.2) is 0 Å². The number of aryl methyl sites for hydroxylation is 1. The lowest BCUT2D eigenvalue weighted by atomic mass is 10.1. The third kappa shape index (κ3) is 4.03. The van der Waals surface area contributed by atoms with E-state index in [1.165, 1.54) is 4.90 Å². The summed E-state index contributed by atoms with van der Waals surface area (Å²) in [5.74, 6) is 0.478. The van der Waals surface area contributed by atoms with E-state index >= 15 is 0 Å². The molecule has 0 bridgehead atoms. The fourth-order valence-electron chi connectivity index (χ4n) is 2.44. The van der Waals surface area contributed by atoms with Crippen molar-refractivity contribution < 1.29 is 13.2 Å². The van der Waals surface area contributed by atoms with E-state index in [9.17, 15) is 13.2 Å². The van der Waals surface area contributed by atoms with Gasteiger partial charge in [-0.3, -0.25) is 4.90 Å². The van der Waals surface area contributed by atoms with Crippen LogP contribution in [0.1, 0.15) is 11.1 Å². The Kier molecular flexibility index (Phi) is 4.81. The molecular weight excluding hydrogens is 289 g/mol. The van der Waals surface area contributed by atoms with Crippen LogP contribution >= 0.6 is 11.6 Å². The van der Waals surface area contributed by atoms with Crippen molar-refractivity contribution in [3.8, 4) is 0 Å². The highest BCUT2D eigenvalue weighted by Crippen LogP contribution is 2.23. The van der Waals surface area contributed by atoms with E-state index in [2.05, 4.69) is 11.0 Å². The zero-order chi connectivity index (χ0) is 14.8. The number of alkyl halides is 4. The zero-order valence-corrected chi connectivity index (χ0v) is 12.1. The molecule has 112 valence electrons. The SMILES string of the molecule is Cc1cc(N2CCN(CC(F)(F)F)CC2)ccc1CCl. The molecule has 2 rings (SSSR count). The monoisotopic (exact) mass is 306 g/mol. The number of piperazine rings is 1. The highest BCUT2D eigenvalue weighted by Gasteiger charge is 2.32. The molecule has 0 N–H and O–H groups in total. The Bertz CT molecular complexity index is 454. The number of nitrogens with zero attached hydrogens (tertiary/aromatic N) is 2. The average Bonchev–Trinajstić information content (AvgIpc) is 2.37. The number of benzene rings is 1. The summed E-state index contributed by atoms with van der Waals surface area (Å²) in [6, 6.07) is 6.03. The number of rotatable bonds is 3. The molecule has 0 aromatic heterocycles. The first-order valence-electron chi connectivity index (χ1n) is 6.58. The van der Waals surface area contributed by atoms with Gasteiger partial charge in [0.1, 0.15) is 0 Å². The van der Waals surface area contributed by atoms with E-state index in [0.717, 1.165) is 16.8 Å². The predicted octanol–water partition coefficient (Wildman–Crippen LogP) is 3.42. The molecular formula is C14H18ClF3N2. The summed E-state index contributed by atoms with van der Waals surface area (Å²) < 4.78 is 37.0. The molecule has 0 saturated carbocycles. The van der Waals surface area contributed by atoms with Gasteiger partial charge in [0.15, 0.2) is 0 Å². The fourth-order valence-corrected chi connectivity index (χ4v) is 2.74. The Morgan fingerprint density at radius 1 is 1.15 bits per heavy atom. The van der Waals surface area contributed by atoms with Gasteiger partial charge in [-0.05, 0) is 30.2 Å². The van der Waals surface area contributed by atoms with Crippen LogP contribution < -0.4 is 4.90 Å². The van der Waals surface area contributed by atoms with Gasteiger partial charge in [-0.15, -0.1) is 11.6 Å². The molecule has 1 aliphatic rings. The first-order valence-corrected chi connectivity index (χ1v) is 7.12. The van der Waals surface area contributed by atoms with Gasteiger partial charge in [0.05, 0.1) is 6.54 Å². The quantitative estimate of drug-likeness (QED) is 0.790. The maximum absolute atomic E-state index is 12.3. The Morgan fingerprint density at radius 2 is 1.80 bits per heavy atom. The van der Waals surface area contributed by atoms with Crippen LogP contribution in [0.2, 0.25) is 0 Å². The van der Waals surface area contributed by atoms with Gasteiger partial charge < -0.3 is 4.90 Å². The van der Waals surface area contributed by atoms with Crippen LogP contribution in [0.15, 0.2) is 18.2 Å². The van der Waals surface area contributed by atoms with Gasteiger partial charge in [0, 0.05) is 37.7 Å². The molecule has 0 unspecified atom stereocenters. The second kappa shape index (κ2) is 6.22. The minimum Gasteiger partial charge on any atom is -0.369 e. The van der Waals surface area contributed by atoms with E-state index in [4.69, 9.17) is 11.6 Å². The maximum Gasteiger partial charge on any atom is 0.401 e. The Morgan fingerprint density at radius 3 is 2.30 bits per heavy atom. The molecule has 0 aliphatic carbocycles. The summed E-state index contributed by atoms with van der Waals surface area (Å²) in [5.41, 5.74) is 3.27. The molecule has 0 atom stereocenters. The van der Waals surface area contributed by atoms with E-state index in [1.54, 1.807) is 0 Å². The van der Waals surface area contributed by atoms with Crippen molar-refractivity contribution in [2.24, 2.45) is 0 Å². The smallest absolute Gasteiger partial charge is 0.369 e. The minimum absolute atomic E-state index is 0.440. The Labute approximate surface area is 122 Å². The molecule has 1 fully saturated rings. The Balaban J connectivity index is 1.95. The van der Waals surface area contributed by atoms with Crippen LogP contribution in [0, 0.1) is 6.92 Å². The summed E-state index contributed by atoms with van der Waals surface area (Å²) >= 11 is 5.82. The molecule has 1 saturated heterocycles. The third-order valence-electron chi connectivity index (χ3n) is 3.61. The number of hydrogen-bond acceptors (Lipinski definition) is 2. The lowest BCUT2D eigenvalue weighted by Gasteiger charge is -2.36. The van der Waals surface area contributed by atoms with E-state index < -0.39 is 12.7 Å². The van der Waals surface area contributed by atoms with E-state index in [-0.39, 0.29) is 0 Å². The lowest BCUT2D eigenvalue weighted by molar-refractivity contribution is -0.146. The standard InChI is InChI=1S/C14H18ClF3N2/c1-11-8-13(3-2-12(11)9-15)20-6-4-19(5-7-20)10-14(16,17)18/h2-3,8H,4-7,9-10H2,1H3. The third-order valence-corrected chi connectivity index (χ3v) is 3.90. The van der Waals surface area contributed by atoms with Crippen LogP contribution in [0.3, 0.4) is 0 Å². The van der Waals surface area contributed by atoms with Gasteiger partial charge in [-0.1, -0.05) is 6.07 Å². The van der Waals surface area contributed by atoms with Crippen LogP contribution in [0.25, 0.3) is 0 Å². The van der Waals surface area contributed by atoms with Crippen molar-refractivity contribution in [1.82, 2.24) is 4.90 Å². The molecule has 1 aliphatic heterocycles. The van der Waals surface area contributed by atoms with Crippen LogP contribution in [-0.4, -0.2) is 43.8 Å². The topological polar surface area (TPSA) is 6.48 Å². The second-order valence-corrected chi connectivity index (χ2v) is 5.39. The summed E-state index contributed by atoms with van der Waals surface area (Å²) in [4.78, 5) is 3.58. The molecule has 1 aromatic rings. The molecule has 6 heteroatoms. The van der Waals surface area contributed by atoms with Crippen molar-refractivity contribution in [3.05, 3.63) is 29.3 Å². The van der Waals surface area contributed by atoms with Crippen molar-refractivity contribution in [2.75, 3.05) is 37.6 Å². The molecule has 0 amide bonds. The Hall–Kier alpha value is -0.940. The highest BCUT2D eigenvalue weighted by molar-refractivity contribution is 6.17. The van der Waals surface area contributed by atoms with Crippen molar-refractivity contribution in [1.29, 1.82) is 0 Å². The number of anilines is 1.